The molecule has 1 fully saturated rings. The number of carbonyl (C=O) groups is 1. The highest BCUT2D eigenvalue weighted by atomic mass is 32.1. The first kappa shape index (κ1) is 21.1. The Kier molecular flexibility index (Phi) is 5.41. The lowest BCUT2D eigenvalue weighted by atomic mass is 9.82. The first-order valence-electron chi connectivity index (χ1n) is 11.9. The molecule has 174 valence electrons. The summed E-state index contributed by atoms with van der Waals surface area (Å²) < 4.78 is 5.35. The first-order chi connectivity index (χ1) is 16.7. The van der Waals surface area contributed by atoms with E-state index in [0.717, 1.165) is 61.1 Å². The minimum absolute atomic E-state index is 0.297. The molecule has 6 rings (SSSR count). The van der Waals surface area contributed by atoms with Gasteiger partial charge < -0.3 is 5.73 Å². The molecule has 1 saturated heterocycles. The third-order valence-corrected chi connectivity index (χ3v) is 7.99. The highest BCUT2D eigenvalue weighted by Gasteiger charge is 2.27. The van der Waals surface area contributed by atoms with Gasteiger partial charge in [-0.3, -0.25) is 14.6 Å². The van der Waals surface area contributed by atoms with Crippen LogP contribution in [-0.4, -0.2) is 29.3 Å². The van der Waals surface area contributed by atoms with Crippen LogP contribution in [0, 0.1) is 0 Å². The number of hydrogen-bond acceptors (Lipinski definition) is 7. The number of fused-ring (bicyclic) bond motifs is 2. The molecule has 8 nitrogen and oxygen atoms in total. The number of nitrogens with two attached hydrogens (primary N) is 1. The number of thiophene rings is 1. The second-order valence-electron chi connectivity index (χ2n) is 9.10. The van der Waals surface area contributed by atoms with Crippen LogP contribution in [0.3, 0.4) is 0 Å². The molecule has 0 radical (unpaired) electrons. The van der Waals surface area contributed by atoms with Crippen LogP contribution in [0.15, 0.2) is 47.1 Å². The summed E-state index contributed by atoms with van der Waals surface area (Å²) in [5.74, 6) is 0.474. The van der Waals surface area contributed by atoms with Crippen molar-refractivity contribution in [3.63, 3.8) is 0 Å². The molecule has 34 heavy (non-hydrogen) atoms. The van der Waals surface area contributed by atoms with Gasteiger partial charge in [-0.25, -0.2) is 4.98 Å². The molecule has 3 aromatic heterocycles. The molecule has 4 aromatic rings. The van der Waals surface area contributed by atoms with E-state index in [1.165, 1.54) is 28.9 Å². The average Bonchev–Trinajstić information content (AvgIpc) is 3.48. The molecule has 3 N–H and O–H groups in total. The van der Waals surface area contributed by atoms with Crippen LogP contribution in [-0.2, 0) is 12.8 Å². The lowest BCUT2D eigenvalue weighted by Gasteiger charge is -2.24. The van der Waals surface area contributed by atoms with Crippen LogP contribution >= 0.6 is 11.3 Å². The highest BCUT2D eigenvalue weighted by molar-refractivity contribution is 7.21. The maximum absolute atomic E-state index is 13.0. The number of rotatable bonds is 4. The molecular formula is C25H27N6O2S+. The molecule has 9 heteroatoms. The monoisotopic (exact) mass is 475 g/mol. The number of nitrogen functional groups attached to an aromatic ring is 1. The number of carbonyl (C=O) groups excluding carboxylic acids is 1. The Balaban J connectivity index is 1.23. The van der Waals surface area contributed by atoms with E-state index >= 15 is 0 Å². The number of aryl methyl sites for hydroxylation is 1. The molecular weight excluding hydrogens is 448 g/mol. The Bertz CT molecular complexity index is 1340. The largest absolute Gasteiger partial charge is 0.397 e. The van der Waals surface area contributed by atoms with Gasteiger partial charge in [0.15, 0.2) is 0 Å². The minimum atomic E-state index is -0.303. The number of anilines is 2. The molecule has 0 spiro atoms. The van der Waals surface area contributed by atoms with Gasteiger partial charge in [-0.2, -0.15) is 5.01 Å². The molecule has 0 bridgehead atoms. The normalized spacial score (nSPS) is 18.1. The van der Waals surface area contributed by atoms with E-state index in [2.05, 4.69) is 52.0 Å². The second kappa shape index (κ2) is 8.72. The van der Waals surface area contributed by atoms with Crippen molar-refractivity contribution in [3.8, 4) is 0 Å². The smallest absolute Gasteiger partial charge is 0.306 e. The van der Waals surface area contributed by atoms with Crippen LogP contribution in [0.25, 0.3) is 10.2 Å². The number of nitrogens with one attached hydrogen (secondary N) is 1. The second-order valence-corrected chi connectivity index (χ2v) is 10.1. The number of hydrogen-bond donors (Lipinski definition) is 2. The van der Waals surface area contributed by atoms with Crippen LogP contribution in [0.5, 0.6) is 0 Å². The van der Waals surface area contributed by atoms with E-state index in [0.29, 0.717) is 22.4 Å². The Morgan fingerprint density at radius 2 is 2.03 bits per heavy atom. The molecule has 1 aromatic carbocycles. The average molecular weight is 476 g/mol. The fourth-order valence-corrected chi connectivity index (χ4v) is 6.04. The van der Waals surface area contributed by atoms with Crippen molar-refractivity contribution in [1.29, 1.82) is 0 Å². The minimum Gasteiger partial charge on any atom is -0.397 e. The van der Waals surface area contributed by atoms with Gasteiger partial charge >= 0.3 is 5.88 Å². The van der Waals surface area contributed by atoms with Crippen molar-refractivity contribution in [1.82, 2.24) is 10.3 Å². The van der Waals surface area contributed by atoms with Crippen LogP contribution in [0.4, 0.5) is 11.6 Å². The van der Waals surface area contributed by atoms with Crippen LogP contribution in [0.2, 0.25) is 0 Å². The number of piperidine rings is 1. The van der Waals surface area contributed by atoms with E-state index < -0.39 is 0 Å². The fraction of sp³-hybridized carbons (Fsp3) is 0.360. The van der Waals surface area contributed by atoms with Gasteiger partial charge in [0.1, 0.15) is 9.71 Å². The predicted molar refractivity (Wildman–Crippen MR) is 132 cm³/mol. The summed E-state index contributed by atoms with van der Waals surface area (Å²) in [5, 5.41) is 9.81. The maximum Gasteiger partial charge on any atom is 0.306 e. The molecule has 1 aliphatic heterocycles. The van der Waals surface area contributed by atoms with Crippen molar-refractivity contribution < 1.29 is 14.1 Å². The van der Waals surface area contributed by atoms with Crippen molar-refractivity contribution in [2.75, 3.05) is 29.1 Å². The molecule has 4 heterocycles. The Hall–Kier alpha value is -3.46. The SMILES string of the molecule is Nc1c(C(=O)Nc2c[n+](N3CCCCC3)no2)sc2nc3c(cc12)CC(c1ccccc1)CC3. The lowest BCUT2D eigenvalue weighted by molar-refractivity contribution is -0.759. The maximum atomic E-state index is 13.0. The highest BCUT2D eigenvalue weighted by Crippen LogP contribution is 2.38. The number of nitrogens with zero attached hydrogens (tertiary/aromatic N) is 4. The van der Waals surface area contributed by atoms with Gasteiger partial charge in [0.05, 0.1) is 23.6 Å². The van der Waals surface area contributed by atoms with Gasteiger partial charge in [0, 0.05) is 11.1 Å². The van der Waals surface area contributed by atoms with Crippen molar-refractivity contribution in [3.05, 3.63) is 64.3 Å². The summed E-state index contributed by atoms with van der Waals surface area (Å²) >= 11 is 1.33. The third kappa shape index (κ3) is 3.90. The molecule has 2 aliphatic rings. The quantitative estimate of drug-likeness (QED) is 0.436. The van der Waals surface area contributed by atoms with Gasteiger partial charge in [0.25, 0.3) is 12.1 Å². The van der Waals surface area contributed by atoms with E-state index in [1.54, 1.807) is 11.0 Å². The summed E-state index contributed by atoms with van der Waals surface area (Å²) in [4.78, 5) is 20.8. The number of amides is 1. The van der Waals surface area contributed by atoms with Gasteiger partial charge in [-0.15, -0.1) is 11.3 Å². The molecule has 1 aliphatic carbocycles. The van der Waals surface area contributed by atoms with E-state index in [9.17, 15) is 4.79 Å². The Morgan fingerprint density at radius 1 is 1.21 bits per heavy atom. The van der Waals surface area contributed by atoms with Gasteiger partial charge in [-0.05, 0) is 61.6 Å². The summed E-state index contributed by atoms with van der Waals surface area (Å²) in [5.41, 5.74) is 10.6. The molecule has 0 saturated carbocycles. The zero-order chi connectivity index (χ0) is 23.1. The number of aromatic nitrogens is 3. The first-order valence-corrected chi connectivity index (χ1v) is 12.7. The van der Waals surface area contributed by atoms with Crippen LogP contribution in [0.1, 0.15) is 58.1 Å². The summed E-state index contributed by atoms with van der Waals surface area (Å²) in [6.07, 6.45) is 8.13. The molecule has 1 unspecified atom stereocenters. The Morgan fingerprint density at radius 3 is 2.85 bits per heavy atom. The van der Waals surface area contributed by atoms with Crippen molar-refractivity contribution in [2.45, 2.75) is 44.4 Å². The predicted octanol–water partition coefficient (Wildman–Crippen LogP) is 3.80. The van der Waals surface area contributed by atoms with Gasteiger partial charge in [-0.1, -0.05) is 30.3 Å². The van der Waals surface area contributed by atoms with E-state index in [-0.39, 0.29) is 5.91 Å². The topological polar surface area (TPSA) is 101 Å². The van der Waals surface area contributed by atoms with E-state index in [1.807, 2.05) is 0 Å². The standard InChI is InChI=1S/C25H26N6O2S/c26-22-19-14-18-13-17(16-7-3-1-4-8-16)9-10-20(18)27-25(19)34-23(22)24(32)28-21-15-31(29-33-21)30-11-5-2-6-12-30/h1,3-4,7-8,14-15,17H,2,5-6,9-13H2,(H2-,26,28,29,32)/p+1. The number of benzene rings is 1. The fourth-order valence-electron chi connectivity index (χ4n) is 5.05. The van der Waals surface area contributed by atoms with Crippen LogP contribution < -0.4 is 20.9 Å². The summed E-state index contributed by atoms with van der Waals surface area (Å²) in [7, 11) is 0. The zero-order valence-corrected chi connectivity index (χ0v) is 19.7. The number of pyridine rings is 1. The Labute approximate surface area is 201 Å². The molecule has 1 atom stereocenters. The summed E-state index contributed by atoms with van der Waals surface area (Å²) in [6.45, 7) is 1.85. The lowest BCUT2D eigenvalue weighted by Crippen LogP contribution is -2.60. The zero-order valence-electron chi connectivity index (χ0n) is 18.9. The molecule has 1 amide bonds. The van der Waals surface area contributed by atoms with E-state index in [4.69, 9.17) is 15.2 Å². The van der Waals surface area contributed by atoms with Crippen molar-refractivity contribution in [2.24, 2.45) is 0 Å². The van der Waals surface area contributed by atoms with Gasteiger partial charge in [0.2, 0.25) is 5.27 Å². The van der Waals surface area contributed by atoms with Crippen molar-refractivity contribution >= 4 is 39.0 Å². The summed E-state index contributed by atoms with van der Waals surface area (Å²) in [6, 6.07) is 12.8. The third-order valence-electron chi connectivity index (χ3n) is 6.88.